The lowest BCUT2D eigenvalue weighted by Crippen LogP contribution is -2.48. The quantitative estimate of drug-likeness (QED) is 0.821. The summed E-state index contributed by atoms with van der Waals surface area (Å²) in [6.45, 7) is 5.43. The van der Waals surface area contributed by atoms with E-state index in [1.165, 1.54) is 17.7 Å². The number of carbonyl (C=O) groups is 2. The summed E-state index contributed by atoms with van der Waals surface area (Å²) in [5.74, 6) is -0.507. The van der Waals surface area contributed by atoms with Crippen LogP contribution in [0.2, 0.25) is 0 Å². The van der Waals surface area contributed by atoms with Crippen LogP contribution in [-0.4, -0.2) is 34.0 Å². The van der Waals surface area contributed by atoms with Crippen LogP contribution in [0.3, 0.4) is 0 Å². The molecule has 1 N–H and O–H groups in total. The molecule has 0 aromatic rings. The van der Waals surface area contributed by atoms with Crippen LogP contribution in [0.4, 0.5) is 0 Å². The van der Waals surface area contributed by atoms with Gasteiger partial charge < -0.3 is 10.0 Å². The summed E-state index contributed by atoms with van der Waals surface area (Å²) in [5, 5.41) is 8.86. The van der Waals surface area contributed by atoms with Gasteiger partial charge in [0.05, 0.1) is 0 Å². The summed E-state index contributed by atoms with van der Waals surface area (Å²) >= 11 is 0. The molecule has 0 atom stereocenters. The highest BCUT2D eigenvalue weighted by Gasteiger charge is 2.30. The number of hydrogen-bond donors (Lipinski definition) is 1. The minimum Gasteiger partial charge on any atom is -0.480 e. The molecule has 17 heavy (non-hydrogen) atoms. The molecule has 0 saturated heterocycles. The van der Waals surface area contributed by atoms with Crippen molar-refractivity contribution in [2.75, 3.05) is 6.54 Å². The molecule has 4 nitrogen and oxygen atoms in total. The largest absolute Gasteiger partial charge is 0.480 e. The Morgan fingerprint density at radius 2 is 1.76 bits per heavy atom. The van der Waals surface area contributed by atoms with E-state index < -0.39 is 11.5 Å². The van der Waals surface area contributed by atoms with E-state index in [9.17, 15) is 9.59 Å². The molecule has 1 aliphatic rings. The van der Waals surface area contributed by atoms with Crippen LogP contribution < -0.4 is 0 Å². The lowest BCUT2D eigenvalue weighted by molar-refractivity contribution is -0.148. The number of amides is 1. The van der Waals surface area contributed by atoms with Crippen molar-refractivity contribution < 1.29 is 14.7 Å². The maximum atomic E-state index is 12.1. The summed E-state index contributed by atoms with van der Waals surface area (Å²) in [6.07, 6.45) is 5.12. The molecular formula is C13H23NO3. The predicted octanol–water partition coefficient (Wildman–Crippen LogP) is 2.28. The van der Waals surface area contributed by atoms with E-state index in [2.05, 4.69) is 0 Å². The van der Waals surface area contributed by atoms with Crippen molar-refractivity contribution in [1.29, 1.82) is 0 Å². The van der Waals surface area contributed by atoms with Crippen molar-refractivity contribution in [3.05, 3.63) is 0 Å². The summed E-state index contributed by atoms with van der Waals surface area (Å²) < 4.78 is 0. The number of hydrogen-bond acceptors (Lipinski definition) is 2. The molecule has 1 fully saturated rings. The van der Waals surface area contributed by atoms with Gasteiger partial charge in [0.2, 0.25) is 5.91 Å². The van der Waals surface area contributed by atoms with E-state index >= 15 is 0 Å². The van der Waals surface area contributed by atoms with Crippen LogP contribution in [0.25, 0.3) is 0 Å². The molecular weight excluding hydrogens is 218 g/mol. The standard InChI is InChI=1S/C13H23NO3/c1-13(2,3)14(9-12(16)17)11(15)8-10-6-4-5-7-10/h10H,4-9H2,1-3H3,(H,16,17). The molecule has 1 amide bonds. The molecule has 98 valence electrons. The van der Waals surface area contributed by atoms with Gasteiger partial charge in [-0.15, -0.1) is 0 Å². The first-order chi connectivity index (χ1) is 7.80. The monoisotopic (exact) mass is 241 g/mol. The predicted molar refractivity (Wildman–Crippen MR) is 65.7 cm³/mol. The molecule has 0 aromatic heterocycles. The number of rotatable bonds is 4. The first-order valence-electron chi connectivity index (χ1n) is 6.33. The fraction of sp³-hybridized carbons (Fsp3) is 0.846. The van der Waals surface area contributed by atoms with Crippen LogP contribution in [0.15, 0.2) is 0 Å². The normalized spacial score (nSPS) is 17.1. The van der Waals surface area contributed by atoms with Crippen LogP contribution in [-0.2, 0) is 9.59 Å². The second-order valence-corrected chi connectivity index (χ2v) is 5.90. The Balaban J connectivity index is 2.61. The molecule has 0 heterocycles. The fourth-order valence-electron chi connectivity index (χ4n) is 2.41. The molecule has 0 aromatic carbocycles. The van der Waals surface area contributed by atoms with Gasteiger partial charge in [0.25, 0.3) is 0 Å². The Kier molecular flexibility index (Phi) is 4.54. The molecule has 0 spiro atoms. The highest BCUT2D eigenvalue weighted by molar-refractivity contribution is 5.82. The Morgan fingerprint density at radius 3 is 2.18 bits per heavy atom. The SMILES string of the molecule is CC(C)(C)N(CC(=O)O)C(=O)CC1CCCC1. The smallest absolute Gasteiger partial charge is 0.323 e. The zero-order valence-corrected chi connectivity index (χ0v) is 11.0. The number of carboxylic acids is 1. The van der Waals surface area contributed by atoms with Crippen LogP contribution in [0, 0.1) is 5.92 Å². The van der Waals surface area contributed by atoms with Gasteiger partial charge >= 0.3 is 5.97 Å². The number of nitrogens with zero attached hydrogens (tertiary/aromatic N) is 1. The molecule has 1 saturated carbocycles. The van der Waals surface area contributed by atoms with Crippen molar-refractivity contribution in [2.45, 2.75) is 58.4 Å². The van der Waals surface area contributed by atoms with Crippen molar-refractivity contribution in [3.63, 3.8) is 0 Å². The van der Waals surface area contributed by atoms with Gasteiger partial charge in [-0.25, -0.2) is 0 Å². The summed E-state index contributed by atoms with van der Waals surface area (Å²) in [7, 11) is 0. The lowest BCUT2D eigenvalue weighted by Gasteiger charge is -2.35. The Morgan fingerprint density at radius 1 is 1.24 bits per heavy atom. The zero-order valence-electron chi connectivity index (χ0n) is 11.0. The van der Waals surface area contributed by atoms with Gasteiger partial charge in [-0.1, -0.05) is 12.8 Å². The van der Waals surface area contributed by atoms with E-state index in [1.807, 2.05) is 20.8 Å². The number of carboxylic acid groups (broad SMARTS) is 1. The lowest BCUT2D eigenvalue weighted by atomic mass is 10.00. The van der Waals surface area contributed by atoms with E-state index in [0.29, 0.717) is 12.3 Å². The van der Waals surface area contributed by atoms with Crippen molar-refractivity contribution in [3.8, 4) is 0 Å². The Bertz CT molecular complexity index is 288. The average Bonchev–Trinajstić information content (AvgIpc) is 2.64. The van der Waals surface area contributed by atoms with Crippen LogP contribution >= 0.6 is 0 Å². The number of carbonyl (C=O) groups excluding carboxylic acids is 1. The third-order valence-corrected chi connectivity index (χ3v) is 3.34. The van der Waals surface area contributed by atoms with Crippen molar-refractivity contribution in [1.82, 2.24) is 4.90 Å². The van der Waals surface area contributed by atoms with Gasteiger partial charge in [0.15, 0.2) is 0 Å². The fourth-order valence-corrected chi connectivity index (χ4v) is 2.41. The maximum absolute atomic E-state index is 12.1. The topological polar surface area (TPSA) is 57.6 Å². The third kappa shape index (κ3) is 4.36. The minimum absolute atomic E-state index is 0.0215. The molecule has 0 radical (unpaired) electrons. The van der Waals surface area contributed by atoms with E-state index in [4.69, 9.17) is 5.11 Å². The van der Waals surface area contributed by atoms with Gasteiger partial charge in [-0.2, -0.15) is 0 Å². The Labute approximate surface area is 103 Å². The van der Waals surface area contributed by atoms with Crippen molar-refractivity contribution >= 4 is 11.9 Å². The van der Waals surface area contributed by atoms with E-state index in [0.717, 1.165) is 12.8 Å². The molecule has 1 rings (SSSR count). The molecule has 0 bridgehead atoms. The second kappa shape index (κ2) is 5.52. The molecule has 0 unspecified atom stereocenters. The first-order valence-corrected chi connectivity index (χ1v) is 6.33. The van der Waals surface area contributed by atoms with E-state index in [-0.39, 0.29) is 12.5 Å². The van der Waals surface area contributed by atoms with Gasteiger partial charge in [-0.3, -0.25) is 9.59 Å². The van der Waals surface area contributed by atoms with Gasteiger partial charge in [0, 0.05) is 12.0 Å². The van der Waals surface area contributed by atoms with Crippen LogP contribution in [0.5, 0.6) is 0 Å². The molecule has 4 heteroatoms. The number of aliphatic carboxylic acids is 1. The molecule has 0 aliphatic heterocycles. The van der Waals surface area contributed by atoms with Crippen LogP contribution in [0.1, 0.15) is 52.9 Å². The summed E-state index contributed by atoms with van der Waals surface area (Å²) in [5.41, 5.74) is -0.423. The summed E-state index contributed by atoms with van der Waals surface area (Å²) in [6, 6.07) is 0. The highest BCUT2D eigenvalue weighted by Crippen LogP contribution is 2.29. The van der Waals surface area contributed by atoms with Crippen molar-refractivity contribution in [2.24, 2.45) is 5.92 Å². The van der Waals surface area contributed by atoms with Gasteiger partial charge in [0.1, 0.15) is 6.54 Å². The maximum Gasteiger partial charge on any atom is 0.323 e. The average molecular weight is 241 g/mol. The minimum atomic E-state index is -0.945. The zero-order chi connectivity index (χ0) is 13.1. The Hall–Kier alpha value is -1.06. The van der Waals surface area contributed by atoms with E-state index in [1.54, 1.807) is 0 Å². The first kappa shape index (κ1) is 14.0. The second-order valence-electron chi connectivity index (χ2n) is 5.90. The molecule has 1 aliphatic carbocycles. The highest BCUT2D eigenvalue weighted by atomic mass is 16.4. The third-order valence-electron chi connectivity index (χ3n) is 3.34. The van der Waals surface area contributed by atoms with Gasteiger partial charge in [-0.05, 0) is 39.5 Å². The summed E-state index contributed by atoms with van der Waals surface area (Å²) in [4.78, 5) is 24.4.